The van der Waals surface area contributed by atoms with E-state index in [9.17, 15) is 9.32 Å². The van der Waals surface area contributed by atoms with Gasteiger partial charge in [-0.25, -0.2) is 4.21 Å². The van der Waals surface area contributed by atoms with Crippen LogP contribution in [-0.4, -0.2) is 15.4 Å². The van der Waals surface area contributed by atoms with Crippen LogP contribution >= 0.6 is 0 Å². The van der Waals surface area contributed by atoms with Crippen LogP contribution in [0.3, 0.4) is 0 Å². The van der Waals surface area contributed by atoms with Gasteiger partial charge in [0.2, 0.25) is 0 Å². The topological polar surface area (TPSA) is 37.3 Å². The molecule has 3 heteroatoms. The van der Waals surface area contributed by atoms with Crippen LogP contribution < -0.4 is 0 Å². The maximum Gasteiger partial charge on any atom is 0.0773 e. The number of benzene rings is 1. The van der Waals surface area contributed by atoms with E-state index in [4.69, 9.17) is 0 Å². The van der Waals surface area contributed by atoms with Crippen molar-refractivity contribution < 1.29 is 9.32 Å². The molecule has 0 heterocycles. The molecule has 0 saturated heterocycles. The molecule has 1 rings (SSSR count). The highest BCUT2D eigenvalue weighted by molar-refractivity contribution is 7.88. The molecule has 82 valence electrons. The molecule has 2 nitrogen and oxygen atoms in total. The van der Waals surface area contributed by atoms with Gasteiger partial charge in [0.25, 0.3) is 0 Å². The molecular weight excluding hydrogens is 208 g/mol. The molecule has 1 aromatic carbocycles. The van der Waals surface area contributed by atoms with Gasteiger partial charge >= 0.3 is 0 Å². The van der Waals surface area contributed by atoms with Crippen LogP contribution in [0, 0.1) is 0 Å². The van der Waals surface area contributed by atoms with Crippen molar-refractivity contribution in [3.05, 3.63) is 41.8 Å². The van der Waals surface area contributed by atoms with Crippen molar-refractivity contribution in [1.82, 2.24) is 0 Å². The van der Waals surface area contributed by atoms with Gasteiger partial charge in [0, 0.05) is 10.3 Å². The maximum absolute atomic E-state index is 11.7. The molecule has 0 aliphatic heterocycles. The lowest BCUT2D eigenvalue weighted by Crippen LogP contribution is -2.01. The predicted molar refractivity (Wildman–Crippen MR) is 62.9 cm³/mol. The standard InChI is InChI=1S/C12H16O2S/c1-2-6-11(13)9-10-15(14)12-7-4-3-5-8-12/h3-5,7-11,13H,2,6H2,1H3/b10-9+/t11-,15?/m1/s1. The van der Waals surface area contributed by atoms with Crippen molar-refractivity contribution in [3.63, 3.8) is 0 Å². The van der Waals surface area contributed by atoms with Crippen LogP contribution in [0.4, 0.5) is 0 Å². The van der Waals surface area contributed by atoms with Crippen molar-refractivity contribution in [1.29, 1.82) is 0 Å². The number of rotatable bonds is 5. The van der Waals surface area contributed by atoms with E-state index in [0.29, 0.717) is 6.42 Å². The van der Waals surface area contributed by atoms with Crippen molar-refractivity contribution in [3.8, 4) is 0 Å². The highest BCUT2D eigenvalue weighted by Gasteiger charge is 2.00. The van der Waals surface area contributed by atoms with Gasteiger partial charge < -0.3 is 5.11 Å². The van der Waals surface area contributed by atoms with E-state index in [-0.39, 0.29) is 0 Å². The first-order chi connectivity index (χ1) is 7.24. The second kappa shape index (κ2) is 6.53. The summed E-state index contributed by atoms with van der Waals surface area (Å²) in [4.78, 5) is 0.762. The molecule has 0 aliphatic carbocycles. The highest BCUT2D eigenvalue weighted by Crippen LogP contribution is 2.07. The van der Waals surface area contributed by atoms with Gasteiger partial charge in [-0.2, -0.15) is 0 Å². The average Bonchev–Trinajstić information content (AvgIpc) is 2.27. The van der Waals surface area contributed by atoms with Crippen molar-refractivity contribution in [2.24, 2.45) is 0 Å². The Hall–Kier alpha value is -0.930. The Balaban J connectivity index is 2.56. The minimum absolute atomic E-state index is 0.484. The fourth-order valence-corrected chi connectivity index (χ4v) is 2.09. The number of aliphatic hydroxyl groups is 1. The Morgan fingerprint density at radius 3 is 2.67 bits per heavy atom. The lowest BCUT2D eigenvalue weighted by atomic mass is 10.2. The number of hydrogen-bond acceptors (Lipinski definition) is 2. The molecule has 15 heavy (non-hydrogen) atoms. The maximum atomic E-state index is 11.7. The van der Waals surface area contributed by atoms with Crippen LogP contribution in [-0.2, 0) is 10.8 Å². The van der Waals surface area contributed by atoms with E-state index >= 15 is 0 Å². The SMILES string of the molecule is CCC[C@@H](O)/C=C/S(=O)c1ccccc1. The molecule has 1 unspecified atom stereocenters. The lowest BCUT2D eigenvalue weighted by molar-refractivity contribution is 0.212. The first kappa shape index (κ1) is 12.1. The van der Waals surface area contributed by atoms with Gasteiger partial charge in [0.1, 0.15) is 0 Å². The monoisotopic (exact) mass is 224 g/mol. The summed E-state index contributed by atoms with van der Waals surface area (Å²) >= 11 is 0. The molecule has 0 aromatic heterocycles. The van der Waals surface area contributed by atoms with Gasteiger partial charge in [-0.3, -0.25) is 0 Å². The second-order valence-corrected chi connectivity index (χ2v) is 4.63. The first-order valence-corrected chi connectivity index (χ1v) is 6.27. The van der Waals surface area contributed by atoms with Crippen LogP contribution in [0.2, 0.25) is 0 Å². The third-order valence-electron chi connectivity index (χ3n) is 1.98. The van der Waals surface area contributed by atoms with Crippen LogP contribution in [0.1, 0.15) is 19.8 Å². The summed E-state index contributed by atoms with van der Waals surface area (Å²) in [6, 6.07) is 9.21. The molecule has 0 amide bonds. The molecule has 0 aliphatic rings. The average molecular weight is 224 g/mol. The molecule has 0 radical (unpaired) electrons. The molecule has 0 fully saturated rings. The summed E-state index contributed by atoms with van der Waals surface area (Å²) in [5, 5.41) is 11.0. The zero-order valence-electron chi connectivity index (χ0n) is 8.80. The van der Waals surface area contributed by atoms with E-state index in [1.807, 2.05) is 37.3 Å². The van der Waals surface area contributed by atoms with Crippen molar-refractivity contribution in [2.75, 3.05) is 0 Å². The zero-order valence-corrected chi connectivity index (χ0v) is 9.61. The van der Waals surface area contributed by atoms with Crippen LogP contribution in [0.15, 0.2) is 46.7 Å². The van der Waals surface area contributed by atoms with E-state index in [2.05, 4.69) is 0 Å². The summed E-state index contributed by atoms with van der Waals surface area (Å²) in [5.74, 6) is 0. The summed E-state index contributed by atoms with van der Waals surface area (Å²) in [7, 11) is -1.15. The lowest BCUT2D eigenvalue weighted by Gasteiger charge is -2.01. The molecule has 0 spiro atoms. The van der Waals surface area contributed by atoms with E-state index < -0.39 is 16.9 Å². The highest BCUT2D eigenvalue weighted by atomic mass is 32.2. The minimum atomic E-state index is -1.15. The van der Waals surface area contributed by atoms with Gasteiger partial charge in [-0.1, -0.05) is 31.5 Å². The van der Waals surface area contributed by atoms with Crippen molar-refractivity contribution in [2.45, 2.75) is 30.8 Å². The molecule has 2 atom stereocenters. The third kappa shape index (κ3) is 4.40. The largest absolute Gasteiger partial charge is 0.389 e. The Labute approximate surface area is 93.1 Å². The Bertz CT molecular complexity index is 333. The molecule has 0 bridgehead atoms. The van der Waals surface area contributed by atoms with Gasteiger partial charge in [-0.15, -0.1) is 0 Å². The van der Waals surface area contributed by atoms with E-state index in [1.54, 1.807) is 11.5 Å². The predicted octanol–water partition coefficient (Wildman–Crippen LogP) is 2.47. The normalized spacial score (nSPS) is 15.3. The molecular formula is C12H16O2S. The van der Waals surface area contributed by atoms with E-state index in [1.165, 1.54) is 0 Å². The molecule has 0 saturated carbocycles. The Kier molecular flexibility index (Phi) is 5.29. The fourth-order valence-electron chi connectivity index (χ4n) is 1.19. The van der Waals surface area contributed by atoms with Crippen LogP contribution in [0.25, 0.3) is 0 Å². The fraction of sp³-hybridized carbons (Fsp3) is 0.333. The summed E-state index contributed by atoms with van der Waals surface area (Å²) in [6.45, 7) is 2.01. The quantitative estimate of drug-likeness (QED) is 0.834. The number of hydrogen-bond donors (Lipinski definition) is 1. The second-order valence-electron chi connectivity index (χ2n) is 3.30. The third-order valence-corrected chi connectivity index (χ3v) is 3.13. The summed E-state index contributed by atoms with van der Waals surface area (Å²) in [6.07, 6.45) is 2.75. The zero-order chi connectivity index (χ0) is 11.1. The smallest absolute Gasteiger partial charge is 0.0773 e. The number of aliphatic hydroxyl groups excluding tert-OH is 1. The van der Waals surface area contributed by atoms with Crippen LogP contribution in [0.5, 0.6) is 0 Å². The van der Waals surface area contributed by atoms with Gasteiger partial charge in [0.05, 0.1) is 16.9 Å². The first-order valence-electron chi connectivity index (χ1n) is 5.06. The molecule has 1 aromatic rings. The Morgan fingerprint density at radius 1 is 1.40 bits per heavy atom. The van der Waals surface area contributed by atoms with Gasteiger partial charge in [-0.05, 0) is 24.6 Å². The summed E-state index contributed by atoms with van der Waals surface area (Å²) < 4.78 is 11.7. The molecule has 1 N–H and O–H groups in total. The minimum Gasteiger partial charge on any atom is -0.389 e. The van der Waals surface area contributed by atoms with E-state index in [0.717, 1.165) is 11.3 Å². The summed E-state index contributed by atoms with van der Waals surface area (Å²) in [5.41, 5.74) is 0. The van der Waals surface area contributed by atoms with Gasteiger partial charge in [0.15, 0.2) is 0 Å². The Morgan fingerprint density at radius 2 is 2.07 bits per heavy atom. The van der Waals surface area contributed by atoms with Crippen molar-refractivity contribution >= 4 is 10.8 Å².